The molecule has 3 heterocycles. The number of nitrogens with zero attached hydrogens (tertiary/aromatic N) is 2. The molecule has 1 saturated carbocycles. The Balaban J connectivity index is 1.43. The topological polar surface area (TPSA) is 120 Å². The number of nitrogens with one attached hydrogen (secondary N) is 1. The summed E-state index contributed by atoms with van der Waals surface area (Å²) >= 11 is 0. The van der Waals surface area contributed by atoms with E-state index in [9.17, 15) is 9.90 Å². The molecule has 1 aliphatic carbocycles. The highest BCUT2D eigenvalue weighted by Crippen LogP contribution is 2.56. The first kappa shape index (κ1) is 24.2. The summed E-state index contributed by atoms with van der Waals surface area (Å²) in [6.45, 7) is 13.0. The predicted molar refractivity (Wildman–Crippen MR) is 137 cm³/mol. The van der Waals surface area contributed by atoms with Crippen LogP contribution in [0.2, 0.25) is 0 Å². The Hall–Kier alpha value is -4.53. The van der Waals surface area contributed by atoms with Crippen LogP contribution in [-0.2, 0) is 4.74 Å². The number of carbonyl (C=O) groups excluding carboxylic acids is 1. The zero-order valence-corrected chi connectivity index (χ0v) is 20.8. The molecule has 1 aromatic carbocycles. The molecule has 3 aromatic heterocycles. The van der Waals surface area contributed by atoms with Crippen LogP contribution >= 0.6 is 0 Å². The van der Waals surface area contributed by atoms with Gasteiger partial charge < -0.3 is 23.4 Å². The summed E-state index contributed by atoms with van der Waals surface area (Å²) in [5.74, 6) is 0.661. The van der Waals surface area contributed by atoms with E-state index < -0.39 is 17.6 Å². The molecule has 0 aliphatic heterocycles. The zero-order chi connectivity index (χ0) is 26.3. The van der Waals surface area contributed by atoms with Crippen molar-refractivity contribution in [1.29, 1.82) is 0 Å². The van der Waals surface area contributed by atoms with Gasteiger partial charge in [0.25, 0.3) is 5.89 Å². The maximum atomic E-state index is 12.9. The first-order valence-corrected chi connectivity index (χ1v) is 11.8. The summed E-state index contributed by atoms with van der Waals surface area (Å²) in [6, 6.07) is 11.2. The van der Waals surface area contributed by atoms with Crippen molar-refractivity contribution in [2.24, 2.45) is 5.41 Å². The molecule has 1 fully saturated rings. The second-order valence-corrected chi connectivity index (χ2v) is 9.14. The maximum Gasteiger partial charge on any atom is 0.412 e. The van der Waals surface area contributed by atoms with E-state index in [1.165, 1.54) is 0 Å². The lowest BCUT2D eigenvalue weighted by atomic mass is 10.0. The lowest BCUT2D eigenvalue weighted by Gasteiger charge is -2.16. The number of carbonyl (C=O) groups is 1. The number of hydrogen-bond donors (Lipinski definition) is 2. The molecule has 0 bridgehead atoms. The van der Waals surface area contributed by atoms with Crippen molar-refractivity contribution in [1.82, 2.24) is 9.97 Å². The van der Waals surface area contributed by atoms with E-state index >= 15 is 0 Å². The number of pyridine rings is 1. The highest BCUT2D eigenvalue weighted by atomic mass is 16.6. The molecule has 1 atom stereocenters. The number of ether oxygens (including phenoxy) is 2. The summed E-state index contributed by atoms with van der Waals surface area (Å²) in [6.07, 6.45) is 1.80. The number of anilines is 1. The molecule has 9 heteroatoms. The maximum absolute atomic E-state index is 12.9. The van der Waals surface area contributed by atoms with Crippen molar-refractivity contribution in [3.05, 3.63) is 84.1 Å². The molecule has 190 valence electrons. The molecular weight excluding hydrogens is 474 g/mol. The van der Waals surface area contributed by atoms with Gasteiger partial charge in [-0.2, -0.15) is 0 Å². The number of hydrogen-bond acceptors (Lipinski definition) is 8. The van der Waals surface area contributed by atoms with Gasteiger partial charge in [0.15, 0.2) is 0 Å². The van der Waals surface area contributed by atoms with Gasteiger partial charge >= 0.3 is 12.0 Å². The third-order valence-corrected chi connectivity index (χ3v) is 6.60. The van der Waals surface area contributed by atoms with Gasteiger partial charge in [-0.1, -0.05) is 37.4 Å². The summed E-state index contributed by atoms with van der Waals surface area (Å²) in [4.78, 5) is 21.6. The molecule has 1 aliphatic rings. The van der Waals surface area contributed by atoms with Crippen LogP contribution in [0.15, 0.2) is 76.1 Å². The molecular formula is C28H27N3O6. The highest BCUT2D eigenvalue weighted by molar-refractivity contribution is 6.03. The molecule has 4 aromatic rings. The Morgan fingerprint density at radius 1 is 1.16 bits per heavy atom. The summed E-state index contributed by atoms with van der Waals surface area (Å²) < 4.78 is 23.3. The van der Waals surface area contributed by atoms with Gasteiger partial charge in [0.1, 0.15) is 23.2 Å². The van der Waals surface area contributed by atoms with Crippen LogP contribution < -0.4 is 10.1 Å². The van der Waals surface area contributed by atoms with Crippen molar-refractivity contribution in [2.75, 3.05) is 5.32 Å². The van der Waals surface area contributed by atoms with Crippen LogP contribution in [0.3, 0.4) is 0 Å². The normalized spacial score (nSPS) is 14.7. The quantitative estimate of drug-likeness (QED) is 0.244. The van der Waals surface area contributed by atoms with E-state index in [2.05, 4.69) is 28.4 Å². The fourth-order valence-electron chi connectivity index (χ4n) is 4.24. The van der Waals surface area contributed by atoms with Gasteiger partial charge in [0, 0.05) is 6.20 Å². The van der Waals surface area contributed by atoms with E-state index in [4.69, 9.17) is 18.3 Å². The highest BCUT2D eigenvalue weighted by Gasteiger charge is 2.50. The molecule has 0 saturated heterocycles. The van der Waals surface area contributed by atoms with Gasteiger partial charge in [-0.15, -0.1) is 0 Å². The number of aryl methyl sites for hydroxylation is 2. The van der Waals surface area contributed by atoms with Gasteiger partial charge in [0.2, 0.25) is 11.5 Å². The molecule has 0 radical (unpaired) electrons. The number of amides is 1. The first-order chi connectivity index (χ1) is 17.7. The number of rotatable bonds is 8. The number of aromatic nitrogens is 2. The Kier molecular flexibility index (Phi) is 5.99. The van der Waals surface area contributed by atoms with Crippen LogP contribution in [0, 0.1) is 19.3 Å². The van der Waals surface area contributed by atoms with Gasteiger partial charge in [-0.25, -0.2) is 14.8 Å². The Morgan fingerprint density at radius 2 is 1.92 bits per heavy atom. The lowest BCUT2D eigenvalue weighted by molar-refractivity contribution is 0.121. The summed E-state index contributed by atoms with van der Waals surface area (Å²) in [5.41, 5.74) is 2.28. The largest absolute Gasteiger partial charge is 0.512 e. The predicted octanol–water partition coefficient (Wildman–Crippen LogP) is 7.15. The van der Waals surface area contributed by atoms with E-state index in [-0.39, 0.29) is 29.1 Å². The molecule has 37 heavy (non-hydrogen) atoms. The van der Waals surface area contributed by atoms with Crippen LogP contribution in [0.1, 0.15) is 42.7 Å². The van der Waals surface area contributed by atoms with Crippen molar-refractivity contribution in [3.8, 4) is 17.6 Å². The third-order valence-electron chi connectivity index (χ3n) is 6.60. The number of fused-ring (bicyclic) bond motifs is 1. The Labute approximate surface area is 213 Å². The number of aliphatic hydroxyl groups excluding tert-OH is 1. The number of oxazole rings is 1. The second kappa shape index (κ2) is 9.16. The minimum atomic E-state index is -0.674. The first-order valence-electron chi connectivity index (χ1n) is 11.8. The van der Waals surface area contributed by atoms with Crippen molar-refractivity contribution in [2.45, 2.75) is 39.7 Å². The molecule has 1 unspecified atom stereocenters. The fraction of sp³-hybridized carbons (Fsp3) is 0.250. The smallest absolute Gasteiger partial charge is 0.412 e. The minimum Gasteiger partial charge on any atom is -0.512 e. The standard InChI is InChI=1S/C28H27N3O6/c1-15-9-6-7-10-20(15)17(3)34-27(33)31-22-21-11-8-14-29-24(21)36-23(22)25-30-16(2)26(37-25)35-19(5)28(12-13-28)18(4)32/h6-11,14,17,32H,4-5,12-13H2,1-3H3,(H,31,33). The second-order valence-electron chi connectivity index (χ2n) is 9.14. The molecule has 1 amide bonds. The molecule has 0 spiro atoms. The fourth-order valence-corrected chi connectivity index (χ4v) is 4.24. The van der Waals surface area contributed by atoms with Crippen LogP contribution in [0.5, 0.6) is 5.95 Å². The van der Waals surface area contributed by atoms with Crippen molar-refractivity contribution >= 4 is 22.9 Å². The molecule has 2 N–H and O–H groups in total. The van der Waals surface area contributed by atoms with E-state index in [1.54, 1.807) is 32.2 Å². The number of furan rings is 1. The zero-order valence-electron chi connectivity index (χ0n) is 20.8. The monoisotopic (exact) mass is 501 g/mol. The SMILES string of the molecule is C=C(O)C1(C(=C)Oc2oc(-c3oc4ncccc4c3NC(=O)OC(C)c3ccccc3C)nc2C)CC1. The third kappa shape index (κ3) is 4.44. The van der Waals surface area contributed by atoms with E-state index in [0.29, 0.717) is 35.4 Å². The van der Waals surface area contributed by atoms with Crippen LogP contribution in [-0.4, -0.2) is 21.2 Å². The summed E-state index contributed by atoms with van der Waals surface area (Å²) in [5, 5.41) is 13.3. The molecule has 5 rings (SSSR count). The van der Waals surface area contributed by atoms with Gasteiger partial charge in [-0.05, 0) is 56.9 Å². The van der Waals surface area contributed by atoms with E-state index in [0.717, 1.165) is 11.1 Å². The van der Waals surface area contributed by atoms with Crippen molar-refractivity contribution < 1.29 is 28.2 Å². The average molecular weight is 502 g/mol. The van der Waals surface area contributed by atoms with Crippen LogP contribution in [0.4, 0.5) is 10.5 Å². The molecule has 9 nitrogen and oxygen atoms in total. The van der Waals surface area contributed by atoms with Crippen molar-refractivity contribution in [3.63, 3.8) is 0 Å². The lowest BCUT2D eigenvalue weighted by Crippen LogP contribution is -2.16. The number of aliphatic hydroxyl groups is 1. The minimum absolute atomic E-state index is 0.00294. The van der Waals surface area contributed by atoms with E-state index in [1.807, 2.05) is 31.2 Å². The van der Waals surface area contributed by atoms with Gasteiger partial charge in [0.05, 0.1) is 16.6 Å². The van der Waals surface area contributed by atoms with Crippen LogP contribution in [0.25, 0.3) is 22.8 Å². The number of benzene rings is 1. The van der Waals surface area contributed by atoms with Gasteiger partial charge in [-0.3, -0.25) is 5.32 Å². The Morgan fingerprint density at radius 3 is 2.62 bits per heavy atom. The average Bonchev–Trinajstić information content (AvgIpc) is 3.51. The Bertz CT molecular complexity index is 1530. The summed E-state index contributed by atoms with van der Waals surface area (Å²) in [7, 11) is 0.